The number of allylic oxidation sites excluding steroid dienone is 1. The van der Waals surface area contributed by atoms with Crippen molar-refractivity contribution in [2.75, 3.05) is 0 Å². The molecule has 9 aromatic carbocycles. The lowest BCUT2D eigenvalue weighted by Crippen LogP contribution is -2.28. The van der Waals surface area contributed by atoms with Crippen LogP contribution in [0.1, 0.15) is 39.9 Å². The summed E-state index contributed by atoms with van der Waals surface area (Å²) in [6, 6.07) is 81.1. The smallest absolute Gasteiger partial charge is 0.0713 e. The maximum atomic E-state index is 2.43. The van der Waals surface area contributed by atoms with E-state index in [1.165, 1.54) is 105 Å². The van der Waals surface area contributed by atoms with Crippen LogP contribution in [0.3, 0.4) is 0 Å². The van der Waals surface area contributed by atoms with Crippen molar-refractivity contribution in [2.24, 2.45) is 0 Å². The van der Waals surface area contributed by atoms with Gasteiger partial charge in [-0.15, -0.1) is 0 Å². The molecule has 0 unspecified atom stereocenters. The lowest BCUT2D eigenvalue weighted by molar-refractivity contribution is 0.769. The summed E-state index contributed by atoms with van der Waals surface area (Å²) in [7, 11) is 0. The van der Waals surface area contributed by atoms with E-state index in [0.29, 0.717) is 0 Å². The van der Waals surface area contributed by atoms with Gasteiger partial charge in [0.1, 0.15) is 0 Å². The first kappa shape index (κ1) is 35.8. The Balaban J connectivity index is 0.874. The topological polar surface area (TPSA) is 9.86 Å². The van der Waals surface area contributed by atoms with Crippen molar-refractivity contribution in [1.29, 1.82) is 0 Å². The number of nitrogens with zero attached hydrogens (tertiary/aromatic N) is 2. The van der Waals surface area contributed by atoms with E-state index in [1.54, 1.807) is 0 Å². The first-order valence-corrected chi connectivity index (χ1v) is 22.1. The highest BCUT2D eigenvalue weighted by Crippen LogP contribution is 2.56. The molecule has 2 aliphatic rings. The molecule has 296 valence electrons. The highest BCUT2D eigenvalue weighted by atomic mass is 15.0. The van der Waals surface area contributed by atoms with E-state index in [9.17, 15) is 0 Å². The lowest BCUT2D eigenvalue weighted by Gasteiger charge is -2.34. The summed E-state index contributed by atoms with van der Waals surface area (Å²) in [5.74, 6) is 0. The van der Waals surface area contributed by atoms with Crippen LogP contribution in [0.4, 0.5) is 0 Å². The number of aryl methyl sites for hydroxylation is 1. The Morgan fingerprint density at radius 1 is 0.349 bits per heavy atom. The van der Waals surface area contributed by atoms with Crippen LogP contribution in [0, 0.1) is 0 Å². The van der Waals surface area contributed by atoms with Gasteiger partial charge in [0.15, 0.2) is 0 Å². The summed E-state index contributed by atoms with van der Waals surface area (Å²) in [4.78, 5) is 0. The molecule has 0 atom stereocenters. The van der Waals surface area contributed by atoms with Crippen LogP contribution in [0.5, 0.6) is 0 Å². The third-order valence-electron chi connectivity index (χ3n) is 13.9. The third-order valence-corrected chi connectivity index (χ3v) is 13.9. The average molecular weight is 803 g/mol. The molecule has 0 aliphatic heterocycles. The maximum Gasteiger partial charge on any atom is 0.0713 e. The second-order valence-corrected chi connectivity index (χ2v) is 17.1. The van der Waals surface area contributed by atoms with Crippen LogP contribution in [0.25, 0.3) is 83.5 Å². The fourth-order valence-corrected chi connectivity index (χ4v) is 11.1. The molecule has 0 amide bonds. The number of fused-ring (bicyclic) bond motifs is 9. The largest absolute Gasteiger partial charge is 0.310 e. The Labute approximate surface area is 367 Å². The zero-order valence-corrected chi connectivity index (χ0v) is 34.7. The Kier molecular flexibility index (Phi) is 7.98. The molecule has 2 aliphatic carbocycles. The summed E-state index contributed by atoms with van der Waals surface area (Å²) in [5, 5.41) is 3.91. The molecule has 13 rings (SSSR count). The number of rotatable bonds is 6. The van der Waals surface area contributed by atoms with Crippen LogP contribution >= 0.6 is 0 Å². The molecule has 0 N–H and O–H groups in total. The quantitative estimate of drug-likeness (QED) is 0.158. The second kappa shape index (κ2) is 14.1. The molecule has 0 saturated carbocycles. The molecule has 0 fully saturated rings. The van der Waals surface area contributed by atoms with Crippen LogP contribution in [-0.2, 0) is 11.8 Å². The first-order valence-electron chi connectivity index (χ1n) is 22.1. The van der Waals surface area contributed by atoms with Gasteiger partial charge in [0, 0.05) is 33.2 Å². The minimum absolute atomic E-state index is 0.476. The van der Waals surface area contributed by atoms with Gasteiger partial charge in [0.25, 0.3) is 0 Å². The summed E-state index contributed by atoms with van der Waals surface area (Å²) < 4.78 is 4.81. The van der Waals surface area contributed by atoms with Crippen LogP contribution in [0.2, 0.25) is 0 Å². The zero-order valence-electron chi connectivity index (χ0n) is 34.7. The Bertz CT molecular complexity index is 3480. The van der Waals surface area contributed by atoms with Gasteiger partial charge in [-0.05, 0) is 123 Å². The molecule has 2 aromatic heterocycles. The van der Waals surface area contributed by atoms with Crippen molar-refractivity contribution in [2.45, 2.75) is 18.3 Å². The normalized spacial score (nSPS) is 13.7. The predicted octanol–water partition coefficient (Wildman–Crippen LogP) is 15.4. The second-order valence-electron chi connectivity index (χ2n) is 17.1. The lowest BCUT2D eigenvalue weighted by atomic mass is 9.67. The van der Waals surface area contributed by atoms with Crippen molar-refractivity contribution < 1.29 is 0 Å². The van der Waals surface area contributed by atoms with Gasteiger partial charge >= 0.3 is 0 Å². The molecular formula is C61H42N2. The van der Waals surface area contributed by atoms with Gasteiger partial charge < -0.3 is 9.13 Å². The van der Waals surface area contributed by atoms with E-state index >= 15 is 0 Å². The third kappa shape index (κ3) is 5.31. The standard InChI is InChI=1S/C61H42N2/c1-7-19-55-49(13-1)50-14-2-8-20-56(50)61(55,45-33-25-41(26-34-45)43-29-37-47(38-30-43)62-57-21-9-3-15-51(57)52-16-4-10-22-58(52)62)46-35-27-42(28-36-46)44-31-39-48(40-32-44)63-59-23-11-5-17-53(59)54-18-6-12-24-60(54)63/h1-5,7-17,19-40H,6,18H2. The Hall–Kier alpha value is -7.94. The summed E-state index contributed by atoms with van der Waals surface area (Å²) in [6.45, 7) is 0. The molecule has 2 heterocycles. The van der Waals surface area contributed by atoms with E-state index in [1.807, 2.05) is 0 Å². The van der Waals surface area contributed by atoms with Gasteiger partial charge in [-0.3, -0.25) is 0 Å². The Morgan fingerprint density at radius 3 is 1.25 bits per heavy atom. The van der Waals surface area contributed by atoms with Gasteiger partial charge in [0.05, 0.1) is 22.0 Å². The molecule has 0 bridgehead atoms. The summed E-state index contributed by atoms with van der Waals surface area (Å²) in [6.07, 6.45) is 6.80. The molecule has 0 saturated heterocycles. The molecule has 0 radical (unpaired) electrons. The van der Waals surface area contributed by atoms with Crippen molar-refractivity contribution in [3.8, 4) is 44.8 Å². The van der Waals surface area contributed by atoms with Crippen molar-refractivity contribution in [3.63, 3.8) is 0 Å². The van der Waals surface area contributed by atoms with Crippen LogP contribution < -0.4 is 0 Å². The van der Waals surface area contributed by atoms with Gasteiger partial charge in [-0.1, -0.05) is 182 Å². The van der Waals surface area contributed by atoms with Crippen molar-refractivity contribution in [3.05, 3.63) is 258 Å². The molecular weight excluding hydrogens is 761 g/mol. The van der Waals surface area contributed by atoms with Crippen LogP contribution in [0.15, 0.2) is 224 Å². The fraction of sp³-hybridized carbons (Fsp3) is 0.0492. The molecule has 2 heteroatoms. The number of aromatic nitrogens is 2. The molecule has 11 aromatic rings. The van der Waals surface area contributed by atoms with E-state index in [-0.39, 0.29) is 0 Å². The molecule has 63 heavy (non-hydrogen) atoms. The van der Waals surface area contributed by atoms with Crippen molar-refractivity contribution >= 4 is 38.8 Å². The first-order chi connectivity index (χ1) is 31.3. The van der Waals surface area contributed by atoms with E-state index in [4.69, 9.17) is 0 Å². The summed E-state index contributed by atoms with van der Waals surface area (Å²) >= 11 is 0. The van der Waals surface area contributed by atoms with Gasteiger partial charge in [-0.2, -0.15) is 0 Å². The number of hydrogen-bond donors (Lipinski definition) is 0. The maximum absolute atomic E-state index is 2.43. The monoisotopic (exact) mass is 802 g/mol. The number of benzene rings is 9. The fourth-order valence-electron chi connectivity index (χ4n) is 11.1. The summed E-state index contributed by atoms with van der Waals surface area (Å²) in [5.41, 5.74) is 20.9. The number of hydrogen-bond acceptors (Lipinski definition) is 0. The highest BCUT2D eigenvalue weighted by Gasteiger charge is 2.45. The van der Waals surface area contributed by atoms with E-state index < -0.39 is 5.41 Å². The number of para-hydroxylation sites is 3. The van der Waals surface area contributed by atoms with E-state index in [0.717, 1.165) is 18.5 Å². The molecule has 2 nitrogen and oxygen atoms in total. The van der Waals surface area contributed by atoms with Gasteiger partial charge in [0.2, 0.25) is 0 Å². The molecule has 0 spiro atoms. The average Bonchev–Trinajstić information content (AvgIpc) is 3.99. The predicted molar refractivity (Wildman–Crippen MR) is 263 cm³/mol. The van der Waals surface area contributed by atoms with Crippen molar-refractivity contribution in [1.82, 2.24) is 9.13 Å². The highest BCUT2D eigenvalue weighted by molar-refractivity contribution is 6.09. The van der Waals surface area contributed by atoms with Crippen LogP contribution in [-0.4, -0.2) is 9.13 Å². The zero-order chi connectivity index (χ0) is 41.5. The minimum Gasteiger partial charge on any atom is -0.310 e. The Morgan fingerprint density at radius 2 is 0.746 bits per heavy atom. The minimum atomic E-state index is -0.476. The van der Waals surface area contributed by atoms with Gasteiger partial charge in [-0.25, -0.2) is 0 Å². The van der Waals surface area contributed by atoms with E-state index in [2.05, 4.69) is 240 Å². The SMILES string of the molecule is C1=Cc2c(c3ccccc3n2-c2ccc(-c3ccc(C4(c5ccc(-c6ccc(-n7c8ccccc8c8ccccc87)cc6)cc5)c5ccccc5-c5ccccc54)cc3)cc2)CC1.